The summed E-state index contributed by atoms with van der Waals surface area (Å²) < 4.78 is 26.4. The number of hydrogen-bond donors (Lipinski definition) is 0. The van der Waals surface area contributed by atoms with E-state index in [9.17, 15) is 8.42 Å². The maximum absolute atomic E-state index is 10.9. The Hall–Kier alpha value is -0.0900. The molecule has 0 bridgehead atoms. The van der Waals surface area contributed by atoms with E-state index in [0.29, 0.717) is 6.61 Å². The molecule has 4 heteroatoms. The lowest BCUT2D eigenvalue weighted by Gasteiger charge is -2.05. The molecule has 2 atom stereocenters. The molecule has 1 saturated heterocycles. The van der Waals surface area contributed by atoms with Crippen molar-refractivity contribution in [3.63, 3.8) is 0 Å². The highest BCUT2D eigenvalue weighted by Crippen LogP contribution is 2.25. The molecule has 0 spiro atoms. The quantitative estimate of drug-likeness (QED) is 0.537. The van der Waals surface area contributed by atoms with Crippen LogP contribution in [0.5, 0.6) is 0 Å². The van der Waals surface area contributed by atoms with Crippen molar-refractivity contribution in [3.8, 4) is 0 Å². The van der Waals surface area contributed by atoms with Crippen molar-refractivity contribution in [3.05, 3.63) is 0 Å². The van der Waals surface area contributed by atoms with Crippen LogP contribution in [-0.2, 0) is 14.3 Å². The summed E-state index contributed by atoms with van der Waals surface area (Å²) in [5, 5.41) is -0.308. The Labute approximate surface area is 61.5 Å². The average Bonchev–Trinajstić information content (AvgIpc) is 2.10. The van der Waals surface area contributed by atoms with E-state index < -0.39 is 10.1 Å². The lowest BCUT2D eigenvalue weighted by Crippen LogP contribution is -2.17. The number of hydrogen-bond acceptors (Lipinski definition) is 3. The zero-order chi connectivity index (χ0) is 7.78. The van der Waals surface area contributed by atoms with Crippen molar-refractivity contribution in [1.29, 1.82) is 0 Å². The van der Waals surface area contributed by atoms with Crippen LogP contribution >= 0.6 is 0 Å². The molecule has 0 radical (unpaired) electrons. The van der Waals surface area contributed by atoms with Gasteiger partial charge in [0.15, 0.2) is 0 Å². The van der Waals surface area contributed by atoms with Gasteiger partial charge in [-0.05, 0) is 13.3 Å². The molecule has 10 heavy (non-hydrogen) atoms. The van der Waals surface area contributed by atoms with E-state index in [1.165, 1.54) is 0 Å². The van der Waals surface area contributed by atoms with Gasteiger partial charge in [-0.15, -0.1) is 0 Å². The fourth-order valence-electron chi connectivity index (χ4n) is 1.11. The maximum Gasteiger partial charge on any atom is 0.270 e. The molecule has 2 unspecified atom stereocenters. The zero-order valence-electron chi connectivity index (χ0n) is 6.20. The van der Waals surface area contributed by atoms with E-state index in [0.717, 1.165) is 6.42 Å². The van der Waals surface area contributed by atoms with Gasteiger partial charge in [-0.3, -0.25) is 4.18 Å². The van der Waals surface area contributed by atoms with Crippen molar-refractivity contribution >= 4 is 10.1 Å². The third-order valence-corrected chi connectivity index (χ3v) is 3.85. The Kier molecular flexibility index (Phi) is 2.01. The first-order valence-electron chi connectivity index (χ1n) is 3.46. The Morgan fingerprint density at radius 1 is 1.60 bits per heavy atom. The fraction of sp³-hybridized carbons (Fsp3) is 1.00. The molecule has 1 aliphatic heterocycles. The summed E-state index contributed by atoms with van der Waals surface area (Å²) in [6, 6.07) is 0. The second kappa shape index (κ2) is 2.51. The first-order chi connectivity index (χ1) is 4.58. The minimum absolute atomic E-state index is 0.199. The van der Waals surface area contributed by atoms with Crippen molar-refractivity contribution < 1.29 is 12.6 Å². The van der Waals surface area contributed by atoms with Gasteiger partial charge in [0.1, 0.15) is 0 Å². The van der Waals surface area contributed by atoms with Gasteiger partial charge < -0.3 is 0 Å². The van der Waals surface area contributed by atoms with Gasteiger partial charge >= 0.3 is 0 Å². The van der Waals surface area contributed by atoms with E-state index in [1.54, 1.807) is 6.92 Å². The van der Waals surface area contributed by atoms with Crippen LogP contribution in [0.25, 0.3) is 0 Å². The largest absolute Gasteiger partial charge is 0.270 e. The molecular weight excluding hydrogens is 152 g/mol. The van der Waals surface area contributed by atoms with E-state index in [2.05, 4.69) is 4.18 Å². The fourth-order valence-corrected chi connectivity index (χ4v) is 2.43. The summed E-state index contributed by atoms with van der Waals surface area (Å²) in [6.07, 6.45) is 0.875. The summed E-state index contributed by atoms with van der Waals surface area (Å²) in [5.74, 6) is 0.199. The second-order valence-corrected chi connectivity index (χ2v) is 4.62. The Morgan fingerprint density at radius 2 is 2.20 bits per heavy atom. The maximum atomic E-state index is 10.9. The van der Waals surface area contributed by atoms with Gasteiger partial charge in [-0.1, -0.05) is 6.92 Å². The van der Waals surface area contributed by atoms with E-state index in [1.807, 2.05) is 6.92 Å². The van der Waals surface area contributed by atoms with Gasteiger partial charge in [0.2, 0.25) is 0 Å². The molecule has 0 saturated carbocycles. The van der Waals surface area contributed by atoms with Gasteiger partial charge in [-0.2, -0.15) is 8.42 Å². The van der Waals surface area contributed by atoms with Crippen LogP contribution in [0.4, 0.5) is 0 Å². The predicted molar refractivity (Wildman–Crippen MR) is 38.1 cm³/mol. The molecule has 0 aromatic rings. The molecule has 0 aliphatic carbocycles. The molecule has 0 amide bonds. The third-order valence-electron chi connectivity index (χ3n) is 2.09. The smallest absolute Gasteiger partial charge is 0.270 e. The van der Waals surface area contributed by atoms with Crippen LogP contribution in [0, 0.1) is 5.92 Å². The van der Waals surface area contributed by atoms with Crippen LogP contribution in [0.15, 0.2) is 0 Å². The monoisotopic (exact) mass is 164 g/mol. The van der Waals surface area contributed by atoms with Gasteiger partial charge in [0, 0.05) is 5.92 Å². The van der Waals surface area contributed by atoms with Gasteiger partial charge in [0.25, 0.3) is 10.1 Å². The van der Waals surface area contributed by atoms with Crippen LogP contribution < -0.4 is 0 Å². The molecule has 0 N–H and O–H groups in total. The summed E-state index contributed by atoms with van der Waals surface area (Å²) in [6.45, 7) is 4.06. The lowest BCUT2D eigenvalue weighted by molar-refractivity contribution is 0.304. The molecule has 0 aromatic heterocycles. The van der Waals surface area contributed by atoms with Gasteiger partial charge in [0.05, 0.1) is 11.9 Å². The highest BCUT2D eigenvalue weighted by molar-refractivity contribution is 7.87. The minimum atomic E-state index is -3.19. The summed E-state index contributed by atoms with van der Waals surface area (Å²) in [5.41, 5.74) is 0. The standard InChI is InChI=1S/C6H12O3S/c1-3-6-4-9-10(7,8)5(6)2/h5-6H,3-4H2,1-2H3. The minimum Gasteiger partial charge on any atom is -0.270 e. The summed E-state index contributed by atoms with van der Waals surface area (Å²) in [7, 11) is -3.19. The predicted octanol–water partition coefficient (Wildman–Crippen LogP) is 0.761. The van der Waals surface area contributed by atoms with Crippen molar-refractivity contribution in [2.45, 2.75) is 25.5 Å². The first kappa shape index (κ1) is 8.01. The average molecular weight is 164 g/mol. The van der Waals surface area contributed by atoms with E-state index >= 15 is 0 Å². The Morgan fingerprint density at radius 3 is 2.40 bits per heavy atom. The molecular formula is C6H12O3S. The normalized spacial score (nSPS) is 38.2. The summed E-state index contributed by atoms with van der Waals surface area (Å²) in [4.78, 5) is 0. The van der Waals surface area contributed by atoms with E-state index in [-0.39, 0.29) is 11.2 Å². The SMILES string of the molecule is CCC1COS(=O)(=O)C1C. The Bertz CT molecular complexity index is 207. The molecule has 1 heterocycles. The molecule has 3 nitrogen and oxygen atoms in total. The van der Waals surface area contributed by atoms with Crippen molar-refractivity contribution in [2.75, 3.05) is 6.61 Å². The van der Waals surface area contributed by atoms with Crippen LogP contribution in [-0.4, -0.2) is 20.3 Å². The molecule has 0 aromatic carbocycles. The Balaban J connectivity index is 2.77. The number of rotatable bonds is 1. The molecule has 1 rings (SSSR count). The second-order valence-electron chi connectivity index (χ2n) is 2.65. The van der Waals surface area contributed by atoms with Crippen molar-refractivity contribution in [2.24, 2.45) is 5.92 Å². The topological polar surface area (TPSA) is 43.4 Å². The molecule has 60 valence electrons. The third kappa shape index (κ3) is 1.18. The summed E-state index contributed by atoms with van der Waals surface area (Å²) >= 11 is 0. The highest BCUT2D eigenvalue weighted by Gasteiger charge is 2.36. The zero-order valence-corrected chi connectivity index (χ0v) is 7.02. The van der Waals surface area contributed by atoms with E-state index in [4.69, 9.17) is 0 Å². The first-order valence-corrected chi connectivity index (χ1v) is 4.93. The lowest BCUT2D eigenvalue weighted by atomic mass is 10.1. The van der Waals surface area contributed by atoms with Crippen LogP contribution in [0.3, 0.4) is 0 Å². The van der Waals surface area contributed by atoms with Crippen LogP contribution in [0.2, 0.25) is 0 Å². The van der Waals surface area contributed by atoms with Crippen LogP contribution in [0.1, 0.15) is 20.3 Å². The molecule has 1 aliphatic rings. The molecule has 1 fully saturated rings. The van der Waals surface area contributed by atoms with Gasteiger partial charge in [-0.25, -0.2) is 0 Å². The van der Waals surface area contributed by atoms with Crippen molar-refractivity contribution in [1.82, 2.24) is 0 Å². The highest BCUT2D eigenvalue weighted by atomic mass is 32.2.